The second-order valence-corrected chi connectivity index (χ2v) is 6.32. The summed E-state index contributed by atoms with van der Waals surface area (Å²) in [5.74, 6) is 0.700. The van der Waals surface area contributed by atoms with E-state index in [1.54, 1.807) is 6.07 Å². The number of carbonyl (C=O) groups is 1. The molecular weight excluding hydrogens is 302 g/mol. The van der Waals surface area contributed by atoms with Crippen LogP contribution in [0.1, 0.15) is 16.7 Å². The Morgan fingerprint density at radius 1 is 1.21 bits per heavy atom. The van der Waals surface area contributed by atoms with Crippen LogP contribution in [0.4, 0.5) is 17.1 Å². The number of amides is 1. The van der Waals surface area contributed by atoms with Crippen LogP contribution in [0.5, 0.6) is 5.75 Å². The van der Waals surface area contributed by atoms with Gasteiger partial charge in [0.25, 0.3) is 0 Å². The van der Waals surface area contributed by atoms with E-state index in [1.807, 2.05) is 30.9 Å². The summed E-state index contributed by atoms with van der Waals surface area (Å²) in [6.45, 7) is 7.60. The largest absolute Gasteiger partial charge is 0.489 e. The van der Waals surface area contributed by atoms with E-state index in [9.17, 15) is 4.79 Å². The third kappa shape index (κ3) is 3.30. The van der Waals surface area contributed by atoms with Gasteiger partial charge in [0, 0.05) is 17.4 Å². The smallest absolute Gasteiger partial charge is 0.243 e. The lowest BCUT2D eigenvalue weighted by atomic mass is 10.1. The highest BCUT2D eigenvalue weighted by molar-refractivity contribution is 5.95. The van der Waals surface area contributed by atoms with Crippen molar-refractivity contribution in [3.63, 3.8) is 0 Å². The molecule has 1 aliphatic rings. The van der Waals surface area contributed by atoms with Crippen molar-refractivity contribution in [2.75, 3.05) is 35.6 Å². The van der Waals surface area contributed by atoms with Gasteiger partial charge in [-0.25, -0.2) is 0 Å². The molecule has 0 aliphatic carbocycles. The van der Waals surface area contributed by atoms with Gasteiger partial charge in [-0.2, -0.15) is 0 Å². The number of anilines is 3. The number of nitrogens with one attached hydrogen (secondary N) is 1. The number of nitrogens with two attached hydrogens (primary N) is 1. The number of carbonyl (C=O) groups excluding carboxylic acids is 1. The van der Waals surface area contributed by atoms with E-state index in [0.717, 1.165) is 28.3 Å². The Hall–Kier alpha value is -2.69. The molecule has 24 heavy (non-hydrogen) atoms. The zero-order valence-electron chi connectivity index (χ0n) is 14.3. The van der Waals surface area contributed by atoms with Crippen molar-refractivity contribution in [2.45, 2.75) is 20.8 Å². The maximum absolute atomic E-state index is 12.5. The number of benzene rings is 2. The number of nitrogen functional groups attached to an aromatic ring is 1. The molecule has 5 heteroatoms. The minimum absolute atomic E-state index is 0.0327. The SMILES string of the molecule is Cc1cc(C)c(NC(=O)CN2CCOc3cc(N)ccc32)c(C)c1. The van der Waals surface area contributed by atoms with Crippen molar-refractivity contribution in [3.05, 3.63) is 47.0 Å². The number of ether oxygens (including phenoxy) is 1. The van der Waals surface area contributed by atoms with Crippen molar-refractivity contribution < 1.29 is 9.53 Å². The van der Waals surface area contributed by atoms with Crippen molar-refractivity contribution in [2.24, 2.45) is 0 Å². The Labute approximate surface area is 142 Å². The normalized spacial score (nSPS) is 13.2. The first-order valence-corrected chi connectivity index (χ1v) is 8.09. The predicted octanol–water partition coefficient (Wildman–Crippen LogP) is 3.03. The van der Waals surface area contributed by atoms with Crippen LogP contribution in [0, 0.1) is 20.8 Å². The lowest BCUT2D eigenvalue weighted by molar-refractivity contribution is -0.115. The fourth-order valence-corrected chi connectivity index (χ4v) is 3.19. The van der Waals surface area contributed by atoms with Crippen LogP contribution >= 0.6 is 0 Å². The average molecular weight is 325 g/mol. The second kappa shape index (κ2) is 6.43. The van der Waals surface area contributed by atoms with Crippen molar-refractivity contribution >= 4 is 23.0 Å². The molecule has 0 saturated carbocycles. The minimum Gasteiger partial charge on any atom is -0.489 e. The zero-order valence-corrected chi connectivity index (χ0v) is 14.3. The van der Waals surface area contributed by atoms with Crippen LogP contribution in [0.3, 0.4) is 0 Å². The molecule has 2 aromatic carbocycles. The summed E-state index contributed by atoms with van der Waals surface area (Å²) in [5.41, 5.74) is 11.6. The molecule has 1 heterocycles. The van der Waals surface area contributed by atoms with Crippen molar-refractivity contribution in [1.82, 2.24) is 0 Å². The first kappa shape index (κ1) is 16.2. The van der Waals surface area contributed by atoms with Crippen molar-refractivity contribution in [3.8, 4) is 5.75 Å². The Bertz CT molecular complexity index is 763. The fraction of sp³-hybridized carbons (Fsp3) is 0.316. The summed E-state index contributed by atoms with van der Waals surface area (Å²) < 4.78 is 5.63. The van der Waals surface area contributed by atoms with Gasteiger partial charge in [-0.15, -0.1) is 0 Å². The van der Waals surface area contributed by atoms with Gasteiger partial charge in [0.2, 0.25) is 5.91 Å². The number of hydrogen-bond donors (Lipinski definition) is 2. The summed E-state index contributed by atoms with van der Waals surface area (Å²) in [4.78, 5) is 14.5. The number of fused-ring (bicyclic) bond motifs is 1. The standard InChI is InChI=1S/C19H23N3O2/c1-12-8-13(2)19(14(3)9-12)21-18(23)11-22-6-7-24-17-10-15(20)4-5-16(17)22/h4-5,8-10H,6-7,11,20H2,1-3H3,(H,21,23). The molecule has 0 spiro atoms. The molecule has 2 aromatic rings. The summed E-state index contributed by atoms with van der Waals surface area (Å²) in [6, 6.07) is 9.69. The van der Waals surface area contributed by atoms with Gasteiger partial charge in [0.15, 0.2) is 0 Å². The van der Waals surface area contributed by atoms with Gasteiger partial charge in [0.05, 0.1) is 18.8 Å². The molecule has 3 N–H and O–H groups in total. The lowest BCUT2D eigenvalue weighted by Gasteiger charge is -2.31. The molecule has 3 rings (SSSR count). The molecule has 0 aromatic heterocycles. The number of aryl methyl sites for hydroxylation is 3. The van der Waals surface area contributed by atoms with Crippen LogP contribution in [-0.4, -0.2) is 25.6 Å². The lowest BCUT2D eigenvalue weighted by Crippen LogP contribution is -2.39. The summed E-state index contributed by atoms with van der Waals surface area (Å²) in [5, 5.41) is 3.05. The Morgan fingerprint density at radius 2 is 1.92 bits per heavy atom. The first-order chi connectivity index (χ1) is 11.4. The predicted molar refractivity (Wildman–Crippen MR) is 97.8 cm³/mol. The maximum Gasteiger partial charge on any atom is 0.243 e. The summed E-state index contributed by atoms with van der Waals surface area (Å²) in [6.07, 6.45) is 0. The van der Waals surface area contributed by atoms with Crippen LogP contribution in [0.2, 0.25) is 0 Å². The van der Waals surface area contributed by atoms with Gasteiger partial charge >= 0.3 is 0 Å². The quantitative estimate of drug-likeness (QED) is 0.851. The maximum atomic E-state index is 12.5. The van der Waals surface area contributed by atoms with E-state index >= 15 is 0 Å². The number of hydrogen-bond acceptors (Lipinski definition) is 4. The average Bonchev–Trinajstić information content (AvgIpc) is 2.50. The van der Waals surface area contributed by atoms with Crippen LogP contribution < -0.4 is 20.7 Å². The van der Waals surface area contributed by atoms with E-state index in [4.69, 9.17) is 10.5 Å². The van der Waals surface area contributed by atoms with E-state index in [0.29, 0.717) is 18.8 Å². The Balaban J connectivity index is 1.75. The molecule has 1 amide bonds. The topological polar surface area (TPSA) is 67.6 Å². The summed E-state index contributed by atoms with van der Waals surface area (Å²) >= 11 is 0. The third-order valence-corrected chi connectivity index (χ3v) is 4.22. The third-order valence-electron chi connectivity index (χ3n) is 4.22. The molecule has 0 saturated heterocycles. The van der Waals surface area contributed by atoms with Gasteiger partial charge in [-0.1, -0.05) is 17.7 Å². The zero-order chi connectivity index (χ0) is 17.3. The van der Waals surface area contributed by atoms with Crippen LogP contribution in [-0.2, 0) is 4.79 Å². The molecule has 0 atom stereocenters. The number of rotatable bonds is 3. The van der Waals surface area contributed by atoms with Crippen LogP contribution in [0.25, 0.3) is 0 Å². The molecule has 1 aliphatic heterocycles. The number of nitrogens with zero attached hydrogens (tertiary/aromatic N) is 1. The second-order valence-electron chi connectivity index (χ2n) is 6.32. The van der Waals surface area contributed by atoms with Gasteiger partial charge in [-0.05, 0) is 44.0 Å². The molecule has 5 nitrogen and oxygen atoms in total. The highest BCUT2D eigenvalue weighted by Crippen LogP contribution is 2.33. The van der Waals surface area contributed by atoms with E-state index in [2.05, 4.69) is 24.4 Å². The highest BCUT2D eigenvalue weighted by atomic mass is 16.5. The van der Waals surface area contributed by atoms with Gasteiger partial charge in [-0.3, -0.25) is 4.79 Å². The Kier molecular flexibility index (Phi) is 4.34. The molecule has 126 valence electrons. The van der Waals surface area contributed by atoms with Crippen molar-refractivity contribution in [1.29, 1.82) is 0 Å². The molecule has 0 bridgehead atoms. The van der Waals surface area contributed by atoms with E-state index < -0.39 is 0 Å². The molecule has 0 fully saturated rings. The monoisotopic (exact) mass is 325 g/mol. The fourth-order valence-electron chi connectivity index (χ4n) is 3.19. The van der Waals surface area contributed by atoms with Crippen LogP contribution in [0.15, 0.2) is 30.3 Å². The summed E-state index contributed by atoms with van der Waals surface area (Å²) in [7, 11) is 0. The Morgan fingerprint density at radius 3 is 2.62 bits per heavy atom. The first-order valence-electron chi connectivity index (χ1n) is 8.09. The molecule has 0 radical (unpaired) electrons. The molecular formula is C19H23N3O2. The molecule has 0 unspecified atom stereocenters. The van der Waals surface area contributed by atoms with Gasteiger partial charge < -0.3 is 20.7 Å². The highest BCUT2D eigenvalue weighted by Gasteiger charge is 2.21. The van der Waals surface area contributed by atoms with E-state index in [-0.39, 0.29) is 12.5 Å². The van der Waals surface area contributed by atoms with E-state index in [1.165, 1.54) is 5.56 Å². The van der Waals surface area contributed by atoms with Gasteiger partial charge in [0.1, 0.15) is 12.4 Å². The minimum atomic E-state index is -0.0327.